The molecule has 1 unspecified atom stereocenters. The zero-order chi connectivity index (χ0) is 7.84. The third-order valence-electron chi connectivity index (χ3n) is 1.78. The summed E-state index contributed by atoms with van der Waals surface area (Å²) in [5, 5.41) is 0.707. The molecule has 2 aliphatic heterocycles. The third-order valence-corrected chi connectivity index (χ3v) is 2.12. The van der Waals surface area contributed by atoms with Crippen molar-refractivity contribution in [3.8, 4) is 0 Å². The highest BCUT2D eigenvalue weighted by Gasteiger charge is 2.25. The average Bonchev–Trinajstić information content (AvgIpc) is 2.30. The second-order valence-corrected chi connectivity index (χ2v) is 2.92. The van der Waals surface area contributed by atoms with Crippen LogP contribution in [0.2, 0.25) is 0 Å². The molecule has 0 aromatic rings. The summed E-state index contributed by atoms with van der Waals surface area (Å²) < 4.78 is 5.38. The van der Waals surface area contributed by atoms with E-state index in [1.807, 2.05) is 36.3 Å². The van der Waals surface area contributed by atoms with Crippen LogP contribution in [-0.4, -0.2) is 11.1 Å². The topological polar surface area (TPSA) is 12.5 Å². The van der Waals surface area contributed by atoms with Crippen LogP contribution >= 0.6 is 12.6 Å². The highest BCUT2D eigenvalue weighted by Crippen LogP contribution is 2.30. The van der Waals surface area contributed by atoms with Crippen LogP contribution in [0.1, 0.15) is 6.92 Å². The lowest BCUT2D eigenvalue weighted by atomic mass is 10.3. The first kappa shape index (κ1) is 6.85. The molecule has 0 fully saturated rings. The van der Waals surface area contributed by atoms with Crippen LogP contribution in [0, 0.1) is 0 Å². The molecule has 0 aromatic heterocycles. The van der Waals surface area contributed by atoms with Gasteiger partial charge in [0.15, 0.2) is 11.3 Å². The van der Waals surface area contributed by atoms with E-state index in [4.69, 9.17) is 4.74 Å². The average molecular weight is 167 g/mol. The molecule has 0 spiro atoms. The van der Waals surface area contributed by atoms with Crippen molar-refractivity contribution in [2.24, 2.45) is 0 Å². The Morgan fingerprint density at radius 1 is 1.55 bits per heavy atom. The normalized spacial score (nSPS) is 27.5. The summed E-state index contributed by atoms with van der Waals surface area (Å²) in [5.41, 5.74) is 1.04. The number of nitrogens with zero attached hydrogens (tertiary/aromatic N) is 1. The van der Waals surface area contributed by atoms with Crippen LogP contribution in [0.5, 0.6) is 0 Å². The van der Waals surface area contributed by atoms with Gasteiger partial charge < -0.3 is 9.64 Å². The van der Waals surface area contributed by atoms with Crippen molar-refractivity contribution in [2.45, 2.75) is 13.2 Å². The number of hydrogen-bond acceptors (Lipinski definition) is 3. The van der Waals surface area contributed by atoms with Gasteiger partial charge in [-0.15, -0.1) is 12.6 Å². The maximum atomic E-state index is 5.38. The van der Waals surface area contributed by atoms with Crippen molar-refractivity contribution in [2.75, 3.05) is 0 Å². The van der Waals surface area contributed by atoms with E-state index in [0.29, 0.717) is 5.09 Å². The van der Waals surface area contributed by atoms with Crippen molar-refractivity contribution in [3.63, 3.8) is 0 Å². The molecule has 0 aliphatic carbocycles. The van der Waals surface area contributed by atoms with Crippen LogP contribution in [0.4, 0.5) is 0 Å². The van der Waals surface area contributed by atoms with Gasteiger partial charge in [-0.2, -0.15) is 0 Å². The van der Waals surface area contributed by atoms with E-state index in [2.05, 4.69) is 12.6 Å². The summed E-state index contributed by atoms with van der Waals surface area (Å²) in [6, 6.07) is 0. The van der Waals surface area contributed by atoms with E-state index in [1.54, 1.807) is 0 Å². The fourth-order valence-electron chi connectivity index (χ4n) is 1.23. The first-order valence-electron chi connectivity index (χ1n) is 3.52. The van der Waals surface area contributed by atoms with Crippen LogP contribution < -0.4 is 0 Å². The van der Waals surface area contributed by atoms with Crippen molar-refractivity contribution in [3.05, 3.63) is 35.2 Å². The maximum absolute atomic E-state index is 5.38. The molecule has 11 heavy (non-hydrogen) atoms. The van der Waals surface area contributed by atoms with Gasteiger partial charge in [0.25, 0.3) is 0 Å². The molecule has 2 nitrogen and oxygen atoms in total. The number of fused-ring (bicyclic) bond motifs is 1. The lowest BCUT2D eigenvalue weighted by molar-refractivity contribution is 0.0956. The molecular weight excluding hydrogens is 158 g/mol. The summed E-state index contributed by atoms with van der Waals surface area (Å²) in [6.07, 6.45) is 8.02. The Hall–Kier alpha value is -0.830. The van der Waals surface area contributed by atoms with Crippen LogP contribution in [0.3, 0.4) is 0 Å². The van der Waals surface area contributed by atoms with Crippen LogP contribution in [0.15, 0.2) is 35.2 Å². The lowest BCUT2D eigenvalue weighted by Gasteiger charge is -2.20. The monoisotopic (exact) mass is 167 g/mol. The standard InChI is InChI=1S/C8H9NOS/c1-6-9-5-3-2-4-7(9)8(11)10-6/h2-6,11H,1H3. The highest BCUT2D eigenvalue weighted by molar-refractivity contribution is 7.84. The van der Waals surface area contributed by atoms with Gasteiger partial charge in [0.05, 0.1) is 5.70 Å². The number of thiol groups is 1. The molecule has 2 rings (SSSR count). The van der Waals surface area contributed by atoms with Gasteiger partial charge in [-0.1, -0.05) is 6.08 Å². The first-order valence-corrected chi connectivity index (χ1v) is 3.97. The van der Waals surface area contributed by atoms with Crippen LogP contribution in [-0.2, 0) is 4.74 Å². The molecule has 3 heteroatoms. The largest absolute Gasteiger partial charge is 0.462 e. The predicted molar refractivity (Wildman–Crippen MR) is 46.7 cm³/mol. The van der Waals surface area contributed by atoms with Gasteiger partial charge in [-0.3, -0.25) is 0 Å². The Kier molecular flexibility index (Phi) is 1.46. The molecule has 58 valence electrons. The van der Waals surface area contributed by atoms with Crippen molar-refractivity contribution in [1.82, 2.24) is 4.90 Å². The van der Waals surface area contributed by atoms with Crippen molar-refractivity contribution < 1.29 is 4.74 Å². The Balaban J connectivity index is 2.38. The summed E-state index contributed by atoms with van der Waals surface area (Å²) in [6.45, 7) is 1.99. The van der Waals surface area contributed by atoms with Gasteiger partial charge >= 0.3 is 0 Å². The lowest BCUT2D eigenvalue weighted by Crippen LogP contribution is -2.22. The Labute approximate surface area is 71.2 Å². The minimum Gasteiger partial charge on any atom is -0.462 e. The molecule has 0 bridgehead atoms. The Morgan fingerprint density at radius 2 is 2.36 bits per heavy atom. The van der Waals surface area contributed by atoms with Gasteiger partial charge in [-0.25, -0.2) is 0 Å². The molecule has 0 amide bonds. The van der Waals surface area contributed by atoms with Gasteiger partial charge in [-0.05, 0) is 19.1 Å². The summed E-state index contributed by atoms with van der Waals surface area (Å²) in [7, 11) is 0. The molecule has 2 heterocycles. The smallest absolute Gasteiger partial charge is 0.176 e. The second-order valence-electron chi connectivity index (χ2n) is 2.52. The summed E-state index contributed by atoms with van der Waals surface area (Å²) in [5.74, 6) is 0. The van der Waals surface area contributed by atoms with Gasteiger partial charge in [0, 0.05) is 6.20 Å². The number of hydrogen-bond donors (Lipinski definition) is 1. The van der Waals surface area contributed by atoms with Gasteiger partial charge in [0.1, 0.15) is 0 Å². The number of ether oxygens (including phenoxy) is 1. The number of rotatable bonds is 0. The van der Waals surface area contributed by atoms with E-state index < -0.39 is 0 Å². The van der Waals surface area contributed by atoms with Crippen molar-refractivity contribution in [1.29, 1.82) is 0 Å². The zero-order valence-corrected chi connectivity index (χ0v) is 7.08. The molecule has 0 aromatic carbocycles. The zero-order valence-electron chi connectivity index (χ0n) is 6.19. The molecule has 0 N–H and O–H groups in total. The quantitative estimate of drug-likeness (QED) is 0.553. The predicted octanol–water partition coefficient (Wildman–Crippen LogP) is 1.85. The van der Waals surface area contributed by atoms with E-state index in [0.717, 1.165) is 5.70 Å². The first-order chi connectivity index (χ1) is 5.29. The highest BCUT2D eigenvalue weighted by atomic mass is 32.1. The summed E-state index contributed by atoms with van der Waals surface area (Å²) in [4.78, 5) is 2.04. The molecule has 1 atom stereocenters. The molecule has 0 radical (unpaired) electrons. The fraction of sp³-hybridized carbons (Fsp3) is 0.250. The van der Waals surface area contributed by atoms with E-state index >= 15 is 0 Å². The van der Waals surface area contributed by atoms with Crippen molar-refractivity contribution >= 4 is 12.6 Å². The Morgan fingerprint density at radius 3 is 3.09 bits per heavy atom. The van der Waals surface area contributed by atoms with E-state index in [-0.39, 0.29) is 6.23 Å². The fourth-order valence-corrected chi connectivity index (χ4v) is 1.58. The van der Waals surface area contributed by atoms with Crippen LogP contribution in [0.25, 0.3) is 0 Å². The molecule has 2 aliphatic rings. The second kappa shape index (κ2) is 2.34. The van der Waals surface area contributed by atoms with E-state index in [9.17, 15) is 0 Å². The van der Waals surface area contributed by atoms with E-state index in [1.165, 1.54) is 0 Å². The SMILES string of the molecule is CC1OC(S)=C2C=CC=CN21. The summed E-state index contributed by atoms with van der Waals surface area (Å²) >= 11 is 4.20. The maximum Gasteiger partial charge on any atom is 0.176 e. The minimum atomic E-state index is 0.0821. The molecular formula is C8H9NOS. The minimum absolute atomic E-state index is 0.0821. The van der Waals surface area contributed by atoms with Gasteiger partial charge in [0.2, 0.25) is 0 Å². The number of allylic oxidation sites excluding steroid dienone is 3. The molecule has 0 saturated heterocycles. The third kappa shape index (κ3) is 0.959. The molecule has 0 saturated carbocycles. The Bertz CT molecular complexity index is 267.